The Bertz CT molecular complexity index is 739. The van der Waals surface area contributed by atoms with Crippen molar-refractivity contribution in [2.45, 2.75) is 25.3 Å². The van der Waals surface area contributed by atoms with Crippen molar-refractivity contribution >= 4 is 35.8 Å². The van der Waals surface area contributed by atoms with Crippen LogP contribution in [0.3, 0.4) is 0 Å². The SMILES string of the molecule is CCN=C(NC1CC1c1c(F)cccc1F)N1CCN(CC(=O)NCCOC)CC1.I. The molecule has 174 valence electrons. The highest BCUT2D eigenvalue weighted by atomic mass is 127. The molecule has 7 nitrogen and oxygen atoms in total. The summed E-state index contributed by atoms with van der Waals surface area (Å²) in [4.78, 5) is 20.8. The molecule has 1 aromatic carbocycles. The predicted molar refractivity (Wildman–Crippen MR) is 127 cm³/mol. The molecule has 0 aromatic heterocycles. The summed E-state index contributed by atoms with van der Waals surface area (Å²) in [7, 11) is 1.60. The van der Waals surface area contributed by atoms with Crippen molar-refractivity contribution in [2.24, 2.45) is 4.99 Å². The summed E-state index contributed by atoms with van der Waals surface area (Å²) in [6.07, 6.45) is 0.683. The summed E-state index contributed by atoms with van der Waals surface area (Å²) >= 11 is 0. The predicted octanol–water partition coefficient (Wildman–Crippen LogP) is 1.78. The molecule has 2 fully saturated rings. The van der Waals surface area contributed by atoms with E-state index < -0.39 is 11.6 Å². The maximum absolute atomic E-state index is 14.0. The van der Waals surface area contributed by atoms with Gasteiger partial charge in [-0.15, -0.1) is 24.0 Å². The highest BCUT2D eigenvalue weighted by Gasteiger charge is 2.43. The third-order valence-corrected chi connectivity index (χ3v) is 5.45. The lowest BCUT2D eigenvalue weighted by Crippen LogP contribution is -2.54. The lowest BCUT2D eigenvalue weighted by atomic mass is 10.1. The number of hydrogen-bond donors (Lipinski definition) is 2. The monoisotopic (exact) mass is 551 g/mol. The standard InChI is InChI=1S/C21H31F2N5O2.HI/c1-3-24-21(26-18-13-15(18)20-16(22)5-4-6-17(20)23)28-10-8-27(9-11-28)14-19(29)25-7-12-30-2;/h4-6,15,18H,3,7-14H2,1-2H3,(H,24,26)(H,25,29);1H. The zero-order valence-corrected chi connectivity index (χ0v) is 20.4. The number of amides is 1. The maximum atomic E-state index is 14.0. The van der Waals surface area contributed by atoms with Gasteiger partial charge >= 0.3 is 0 Å². The Balaban J connectivity index is 0.00000341. The molecule has 31 heavy (non-hydrogen) atoms. The van der Waals surface area contributed by atoms with Crippen molar-refractivity contribution in [2.75, 3.05) is 59.5 Å². The van der Waals surface area contributed by atoms with Gasteiger partial charge in [0.1, 0.15) is 11.6 Å². The molecule has 1 saturated heterocycles. The van der Waals surface area contributed by atoms with Crippen LogP contribution in [0.15, 0.2) is 23.2 Å². The van der Waals surface area contributed by atoms with E-state index >= 15 is 0 Å². The van der Waals surface area contributed by atoms with Gasteiger partial charge in [-0.05, 0) is 25.5 Å². The second-order valence-corrected chi connectivity index (χ2v) is 7.63. The fraction of sp³-hybridized carbons (Fsp3) is 0.619. The Labute approximate surface area is 199 Å². The van der Waals surface area contributed by atoms with E-state index in [0.29, 0.717) is 32.7 Å². The molecule has 0 spiro atoms. The van der Waals surface area contributed by atoms with Crippen LogP contribution in [-0.4, -0.2) is 87.2 Å². The van der Waals surface area contributed by atoms with Crippen molar-refractivity contribution in [3.05, 3.63) is 35.4 Å². The average Bonchev–Trinajstić information content (AvgIpc) is 3.47. The van der Waals surface area contributed by atoms with Crippen molar-refractivity contribution in [3.8, 4) is 0 Å². The number of piperazine rings is 1. The van der Waals surface area contributed by atoms with Gasteiger partial charge in [0, 0.05) is 63.9 Å². The first-order valence-electron chi connectivity index (χ1n) is 10.5. The van der Waals surface area contributed by atoms with Crippen LogP contribution in [0.1, 0.15) is 24.8 Å². The number of nitrogens with zero attached hydrogens (tertiary/aromatic N) is 3. The van der Waals surface area contributed by atoms with E-state index in [-0.39, 0.29) is 47.4 Å². The molecule has 2 atom stereocenters. The zero-order valence-electron chi connectivity index (χ0n) is 18.1. The number of carbonyl (C=O) groups excluding carboxylic acids is 1. The highest BCUT2D eigenvalue weighted by Crippen LogP contribution is 2.43. The van der Waals surface area contributed by atoms with Crippen LogP contribution in [0, 0.1) is 11.6 Å². The summed E-state index contributed by atoms with van der Waals surface area (Å²) in [5, 5.41) is 6.22. The fourth-order valence-corrected chi connectivity index (χ4v) is 3.76. The number of carbonyl (C=O) groups is 1. The number of halogens is 3. The Morgan fingerprint density at radius 2 is 1.90 bits per heavy atom. The number of rotatable bonds is 8. The van der Waals surface area contributed by atoms with Gasteiger partial charge in [0.25, 0.3) is 0 Å². The topological polar surface area (TPSA) is 69.2 Å². The molecule has 1 amide bonds. The van der Waals surface area contributed by atoms with Crippen molar-refractivity contribution in [1.82, 2.24) is 20.4 Å². The van der Waals surface area contributed by atoms with E-state index in [2.05, 4.69) is 25.4 Å². The number of nitrogens with one attached hydrogen (secondary N) is 2. The average molecular weight is 551 g/mol. The summed E-state index contributed by atoms with van der Waals surface area (Å²) in [6, 6.07) is 3.98. The van der Waals surface area contributed by atoms with Crippen molar-refractivity contribution in [1.29, 1.82) is 0 Å². The van der Waals surface area contributed by atoms with Crippen LogP contribution in [0.2, 0.25) is 0 Å². The van der Waals surface area contributed by atoms with Crippen LogP contribution < -0.4 is 10.6 Å². The Hall–Kier alpha value is -1.53. The van der Waals surface area contributed by atoms with Gasteiger partial charge in [0.05, 0.1) is 13.2 Å². The Morgan fingerprint density at radius 1 is 1.23 bits per heavy atom. The molecule has 1 aliphatic heterocycles. The minimum absolute atomic E-state index is 0. The normalized spacial score (nSPS) is 21.4. The van der Waals surface area contributed by atoms with Crippen LogP contribution in [0.4, 0.5) is 8.78 Å². The van der Waals surface area contributed by atoms with Gasteiger partial charge < -0.3 is 20.3 Å². The summed E-state index contributed by atoms with van der Waals surface area (Å²) in [6.45, 7) is 6.93. The lowest BCUT2D eigenvalue weighted by molar-refractivity contribution is -0.122. The number of ether oxygens (including phenoxy) is 1. The number of guanidine groups is 1. The first kappa shape index (κ1) is 25.7. The molecular weight excluding hydrogens is 519 g/mol. The summed E-state index contributed by atoms with van der Waals surface area (Å²) < 4.78 is 33.0. The summed E-state index contributed by atoms with van der Waals surface area (Å²) in [5.74, 6) is -0.392. The first-order chi connectivity index (χ1) is 14.5. The third-order valence-electron chi connectivity index (χ3n) is 5.45. The fourth-order valence-electron chi connectivity index (χ4n) is 3.76. The second-order valence-electron chi connectivity index (χ2n) is 7.63. The van der Waals surface area contributed by atoms with Crippen LogP contribution >= 0.6 is 24.0 Å². The molecular formula is C21H32F2IN5O2. The Kier molecular flexibility index (Phi) is 10.4. The largest absolute Gasteiger partial charge is 0.383 e. The quantitative estimate of drug-likeness (QED) is 0.223. The van der Waals surface area contributed by atoms with Crippen LogP contribution in [0.25, 0.3) is 0 Å². The third kappa shape index (κ3) is 7.25. The molecule has 1 aliphatic carbocycles. The molecule has 3 rings (SSSR count). The molecule has 2 aliphatic rings. The van der Waals surface area contributed by atoms with Crippen molar-refractivity contribution < 1.29 is 18.3 Å². The van der Waals surface area contributed by atoms with E-state index in [4.69, 9.17) is 4.74 Å². The Morgan fingerprint density at radius 3 is 2.52 bits per heavy atom. The molecule has 2 unspecified atom stereocenters. The number of benzene rings is 1. The number of hydrogen-bond acceptors (Lipinski definition) is 4. The van der Waals surface area contributed by atoms with E-state index in [1.807, 2.05) is 6.92 Å². The van der Waals surface area contributed by atoms with Gasteiger partial charge in [-0.2, -0.15) is 0 Å². The molecule has 10 heteroatoms. The lowest BCUT2D eigenvalue weighted by Gasteiger charge is -2.36. The maximum Gasteiger partial charge on any atom is 0.234 e. The molecule has 2 N–H and O–H groups in total. The minimum Gasteiger partial charge on any atom is -0.383 e. The minimum atomic E-state index is -0.490. The highest BCUT2D eigenvalue weighted by molar-refractivity contribution is 14.0. The van der Waals surface area contributed by atoms with E-state index in [1.54, 1.807) is 7.11 Å². The summed E-state index contributed by atoms with van der Waals surface area (Å²) in [5.41, 5.74) is 0.162. The molecule has 1 saturated carbocycles. The van der Waals surface area contributed by atoms with Gasteiger partial charge in [-0.25, -0.2) is 8.78 Å². The van der Waals surface area contributed by atoms with Gasteiger partial charge in [-0.1, -0.05) is 6.07 Å². The molecule has 0 bridgehead atoms. The second kappa shape index (κ2) is 12.5. The number of methoxy groups -OCH3 is 1. The van der Waals surface area contributed by atoms with E-state index in [1.165, 1.54) is 18.2 Å². The van der Waals surface area contributed by atoms with Crippen LogP contribution in [0.5, 0.6) is 0 Å². The van der Waals surface area contributed by atoms with Gasteiger partial charge in [-0.3, -0.25) is 14.7 Å². The smallest absolute Gasteiger partial charge is 0.234 e. The van der Waals surface area contributed by atoms with Crippen LogP contribution in [-0.2, 0) is 9.53 Å². The first-order valence-corrected chi connectivity index (χ1v) is 10.5. The molecule has 0 radical (unpaired) electrons. The van der Waals surface area contributed by atoms with Crippen molar-refractivity contribution in [3.63, 3.8) is 0 Å². The molecule has 1 heterocycles. The van der Waals surface area contributed by atoms with Gasteiger partial charge in [0.2, 0.25) is 5.91 Å². The number of aliphatic imine (C=N–C) groups is 1. The van der Waals surface area contributed by atoms with E-state index in [9.17, 15) is 13.6 Å². The molecule has 1 aromatic rings. The van der Waals surface area contributed by atoms with Gasteiger partial charge in [0.15, 0.2) is 5.96 Å². The van der Waals surface area contributed by atoms with E-state index in [0.717, 1.165) is 32.1 Å². The zero-order chi connectivity index (χ0) is 21.5.